The molecular weight excluding hydrogens is 292 g/mol. The van der Waals surface area contributed by atoms with E-state index in [0.29, 0.717) is 32.1 Å². The molecule has 0 atom stereocenters. The fraction of sp³-hybridized carbons (Fsp3) is 0.571. The molecule has 6 nitrogen and oxygen atoms in total. The Morgan fingerprint density at radius 2 is 2.19 bits per heavy atom. The minimum atomic E-state index is -0.400. The van der Waals surface area contributed by atoms with Gasteiger partial charge in [-0.15, -0.1) is 0 Å². The second kappa shape index (κ2) is 10.4. The van der Waals surface area contributed by atoms with Gasteiger partial charge in [0, 0.05) is 26.3 Å². The van der Waals surface area contributed by atoms with Gasteiger partial charge in [0.25, 0.3) is 0 Å². The monoisotopic (exact) mass is 314 g/mol. The second-order valence-corrected chi connectivity index (χ2v) is 5.41. The SMILES string of the molecule is COCCNCc1ccc(OCCCSC)c([N+](=O)[O-])c1. The van der Waals surface area contributed by atoms with Crippen molar-refractivity contribution in [1.82, 2.24) is 5.32 Å². The molecule has 118 valence electrons. The van der Waals surface area contributed by atoms with Gasteiger partial charge < -0.3 is 14.8 Å². The van der Waals surface area contributed by atoms with Gasteiger partial charge in [0.1, 0.15) is 0 Å². The van der Waals surface area contributed by atoms with E-state index in [2.05, 4.69) is 5.32 Å². The average molecular weight is 314 g/mol. The zero-order chi connectivity index (χ0) is 15.5. The Balaban J connectivity index is 2.61. The predicted octanol–water partition coefficient (Wildman–Crippen LogP) is 2.46. The van der Waals surface area contributed by atoms with Crippen LogP contribution in [0.15, 0.2) is 18.2 Å². The van der Waals surface area contributed by atoms with Crippen LogP contribution in [0.1, 0.15) is 12.0 Å². The van der Waals surface area contributed by atoms with E-state index in [1.165, 1.54) is 0 Å². The highest BCUT2D eigenvalue weighted by Gasteiger charge is 2.15. The number of hydrogen-bond donors (Lipinski definition) is 1. The van der Waals surface area contributed by atoms with Crippen LogP contribution >= 0.6 is 11.8 Å². The molecule has 0 aliphatic heterocycles. The van der Waals surface area contributed by atoms with Gasteiger partial charge >= 0.3 is 5.69 Å². The molecule has 0 saturated carbocycles. The molecule has 0 radical (unpaired) electrons. The Hall–Kier alpha value is -1.31. The number of nitrogens with zero attached hydrogens (tertiary/aromatic N) is 1. The molecular formula is C14H22N2O4S. The first-order chi connectivity index (χ1) is 10.2. The molecule has 0 spiro atoms. The summed E-state index contributed by atoms with van der Waals surface area (Å²) in [5.41, 5.74) is 0.874. The fourth-order valence-corrected chi connectivity index (χ4v) is 2.14. The quantitative estimate of drug-likeness (QED) is 0.384. The lowest BCUT2D eigenvalue weighted by molar-refractivity contribution is -0.385. The molecule has 21 heavy (non-hydrogen) atoms. The van der Waals surface area contributed by atoms with E-state index < -0.39 is 4.92 Å². The summed E-state index contributed by atoms with van der Waals surface area (Å²) in [5.74, 6) is 1.32. The lowest BCUT2D eigenvalue weighted by atomic mass is 10.2. The molecule has 0 saturated heterocycles. The van der Waals surface area contributed by atoms with Crippen molar-refractivity contribution in [2.45, 2.75) is 13.0 Å². The third kappa shape index (κ3) is 6.79. The number of methoxy groups -OCH3 is 1. The molecule has 0 fully saturated rings. The largest absolute Gasteiger partial charge is 0.487 e. The van der Waals surface area contributed by atoms with E-state index in [1.54, 1.807) is 31.0 Å². The van der Waals surface area contributed by atoms with E-state index in [9.17, 15) is 10.1 Å². The molecule has 1 aromatic rings. The Morgan fingerprint density at radius 3 is 2.86 bits per heavy atom. The number of thioether (sulfide) groups is 1. The Labute approximate surface area is 129 Å². The summed E-state index contributed by atoms with van der Waals surface area (Å²) in [7, 11) is 1.63. The Kier molecular flexibility index (Phi) is 8.80. The van der Waals surface area contributed by atoms with Crippen molar-refractivity contribution in [3.63, 3.8) is 0 Å². The molecule has 0 heterocycles. The molecule has 0 amide bonds. The molecule has 7 heteroatoms. The van der Waals surface area contributed by atoms with Crippen molar-refractivity contribution < 1.29 is 14.4 Å². The maximum Gasteiger partial charge on any atom is 0.311 e. The van der Waals surface area contributed by atoms with Crippen molar-refractivity contribution in [2.24, 2.45) is 0 Å². The van der Waals surface area contributed by atoms with Gasteiger partial charge in [-0.05, 0) is 30.1 Å². The van der Waals surface area contributed by atoms with Gasteiger partial charge in [0.05, 0.1) is 18.1 Å². The summed E-state index contributed by atoms with van der Waals surface area (Å²) >= 11 is 1.73. The van der Waals surface area contributed by atoms with Crippen molar-refractivity contribution in [2.75, 3.05) is 38.9 Å². The number of ether oxygens (including phenoxy) is 2. The summed E-state index contributed by atoms with van der Waals surface area (Å²) in [6.45, 7) is 2.38. The van der Waals surface area contributed by atoms with Gasteiger partial charge in [0.2, 0.25) is 0 Å². The zero-order valence-electron chi connectivity index (χ0n) is 12.5. The van der Waals surface area contributed by atoms with Crippen LogP contribution in [-0.4, -0.2) is 43.8 Å². The number of hydrogen-bond acceptors (Lipinski definition) is 6. The van der Waals surface area contributed by atoms with Crippen molar-refractivity contribution in [3.05, 3.63) is 33.9 Å². The number of rotatable bonds is 11. The molecule has 1 rings (SSSR count). The van der Waals surface area contributed by atoms with Gasteiger partial charge in [-0.3, -0.25) is 10.1 Å². The van der Waals surface area contributed by atoms with E-state index >= 15 is 0 Å². The summed E-state index contributed by atoms with van der Waals surface area (Å²) in [4.78, 5) is 10.7. The number of benzene rings is 1. The average Bonchev–Trinajstić information content (AvgIpc) is 2.48. The lowest BCUT2D eigenvalue weighted by Crippen LogP contribution is -2.18. The minimum absolute atomic E-state index is 0.0187. The summed E-state index contributed by atoms with van der Waals surface area (Å²) in [6.07, 6.45) is 2.90. The highest BCUT2D eigenvalue weighted by Crippen LogP contribution is 2.28. The van der Waals surface area contributed by atoms with Gasteiger partial charge in [-0.25, -0.2) is 0 Å². The maximum absolute atomic E-state index is 11.1. The van der Waals surface area contributed by atoms with Crippen LogP contribution < -0.4 is 10.1 Å². The summed E-state index contributed by atoms with van der Waals surface area (Å²) < 4.78 is 10.4. The Bertz CT molecular complexity index is 443. The predicted molar refractivity (Wildman–Crippen MR) is 85.2 cm³/mol. The van der Waals surface area contributed by atoms with E-state index in [-0.39, 0.29) is 5.69 Å². The molecule has 0 aliphatic carbocycles. The third-order valence-electron chi connectivity index (χ3n) is 2.78. The molecule has 1 aromatic carbocycles. The highest BCUT2D eigenvalue weighted by atomic mass is 32.2. The highest BCUT2D eigenvalue weighted by molar-refractivity contribution is 7.98. The third-order valence-corrected chi connectivity index (χ3v) is 3.48. The maximum atomic E-state index is 11.1. The van der Waals surface area contributed by atoms with Crippen LogP contribution in [0.4, 0.5) is 5.69 Å². The summed E-state index contributed by atoms with van der Waals surface area (Å²) in [5, 5.41) is 14.3. The van der Waals surface area contributed by atoms with Gasteiger partial charge in [-0.2, -0.15) is 11.8 Å². The fourth-order valence-electron chi connectivity index (χ4n) is 1.73. The summed E-state index contributed by atoms with van der Waals surface area (Å²) in [6, 6.07) is 5.07. The van der Waals surface area contributed by atoms with Crippen LogP contribution in [-0.2, 0) is 11.3 Å². The smallest absolute Gasteiger partial charge is 0.311 e. The number of nitro groups is 1. The normalized spacial score (nSPS) is 10.6. The standard InChI is InChI=1S/C14H22N2O4S/c1-19-8-6-15-11-12-4-5-14(13(10-12)16(17)18)20-7-3-9-21-2/h4-5,10,15H,3,6-9,11H2,1-2H3. The topological polar surface area (TPSA) is 73.6 Å². The Morgan fingerprint density at radius 1 is 1.38 bits per heavy atom. The molecule has 0 bridgehead atoms. The number of nitrogens with one attached hydrogen (secondary N) is 1. The molecule has 0 unspecified atom stereocenters. The van der Waals surface area contributed by atoms with Crippen molar-refractivity contribution in [3.8, 4) is 5.75 Å². The van der Waals surface area contributed by atoms with E-state index in [4.69, 9.17) is 9.47 Å². The van der Waals surface area contributed by atoms with Crippen LogP contribution in [0.25, 0.3) is 0 Å². The molecule has 0 aromatic heterocycles. The van der Waals surface area contributed by atoms with Crippen LogP contribution in [0.5, 0.6) is 5.75 Å². The van der Waals surface area contributed by atoms with E-state index in [0.717, 1.165) is 17.7 Å². The molecule has 1 N–H and O–H groups in total. The van der Waals surface area contributed by atoms with Crippen LogP contribution in [0.2, 0.25) is 0 Å². The first-order valence-corrected chi connectivity index (χ1v) is 8.17. The molecule has 0 aliphatic rings. The first-order valence-electron chi connectivity index (χ1n) is 6.77. The number of nitro benzene ring substituents is 1. The van der Waals surface area contributed by atoms with E-state index in [1.807, 2.05) is 12.3 Å². The zero-order valence-corrected chi connectivity index (χ0v) is 13.3. The van der Waals surface area contributed by atoms with Gasteiger partial charge in [-0.1, -0.05) is 6.07 Å². The van der Waals surface area contributed by atoms with Crippen molar-refractivity contribution in [1.29, 1.82) is 0 Å². The van der Waals surface area contributed by atoms with Crippen LogP contribution in [0, 0.1) is 10.1 Å². The second-order valence-electron chi connectivity index (χ2n) is 4.42. The lowest BCUT2D eigenvalue weighted by Gasteiger charge is -2.09. The van der Waals surface area contributed by atoms with Crippen molar-refractivity contribution >= 4 is 17.4 Å². The minimum Gasteiger partial charge on any atom is -0.487 e. The van der Waals surface area contributed by atoms with Gasteiger partial charge in [0.15, 0.2) is 5.75 Å². The first kappa shape index (κ1) is 17.7. The van der Waals surface area contributed by atoms with Crippen LogP contribution in [0.3, 0.4) is 0 Å².